The Kier molecular flexibility index (Phi) is 4.64. The first kappa shape index (κ1) is 12.9. The first-order valence-electron chi connectivity index (χ1n) is 4.85. The summed E-state index contributed by atoms with van der Waals surface area (Å²) in [6.07, 6.45) is -3.47. The van der Waals surface area contributed by atoms with Gasteiger partial charge in [0.15, 0.2) is 0 Å². The van der Waals surface area contributed by atoms with Crippen molar-refractivity contribution in [2.24, 2.45) is 0 Å². The van der Waals surface area contributed by atoms with Crippen molar-refractivity contribution in [1.29, 1.82) is 0 Å². The van der Waals surface area contributed by atoms with Crippen molar-refractivity contribution in [2.75, 3.05) is 13.7 Å². The number of ether oxygens (including phenoxy) is 1. The predicted molar refractivity (Wildman–Crippen MR) is 54.6 cm³/mol. The number of halogens is 2. The smallest absolute Gasteiger partial charge is 0.267 e. The lowest BCUT2D eigenvalue weighted by atomic mass is 10.0. The SMILES string of the molecule is COc1ccc(C(O)CCO)cc1C(F)F. The molecule has 0 aromatic heterocycles. The normalized spacial score (nSPS) is 12.9. The summed E-state index contributed by atoms with van der Waals surface area (Å²) in [6.45, 7) is -0.197. The average Bonchev–Trinajstić information content (AvgIpc) is 2.28. The summed E-state index contributed by atoms with van der Waals surface area (Å²) in [7, 11) is 1.31. The Morgan fingerprint density at radius 3 is 2.56 bits per heavy atom. The number of aliphatic hydroxyl groups is 2. The van der Waals surface area contributed by atoms with E-state index in [1.54, 1.807) is 0 Å². The summed E-state index contributed by atoms with van der Waals surface area (Å²) in [5.41, 5.74) is 0.0992. The highest BCUT2D eigenvalue weighted by atomic mass is 19.3. The molecular formula is C11H14F2O3. The quantitative estimate of drug-likeness (QED) is 0.816. The number of hydrogen-bond acceptors (Lipinski definition) is 3. The summed E-state index contributed by atoms with van der Waals surface area (Å²) in [6, 6.07) is 4.09. The van der Waals surface area contributed by atoms with Crippen molar-refractivity contribution in [3.8, 4) is 5.75 Å². The minimum atomic E-state index is -2.66. The van der Waals surface area contributed by atoms with E-state index in [9.17, 15) is 13.9 Å². The third-order valence-corrected chi connectivity index (χ3v) is 2.28. The molecule has 1 aromatic rings. The molecule has 1 rings (SSSR count). The van der Waals surface area contributed by atoms with Gasteiger partial charge in [-0.25, -0.2) is 8.78 Å². The fraction of sp³-hybridized carbons (Fsp3) is 0.455. The third-order valence-electron chi connectivity index (χ3n) is 2.28. The molecule has 0 saturated carbocycles. The second-order valence-electron chi connectivity index (χ2n) is 3.33. The predicted octanol–water partition coefficient (Wildman–Crippen LogP) is 2.05. The standard InChI is InChI=1S/C11H14F2O3/c1-16-10-3-2-7(9(15)4-5-14)6-8(10)11(12)13/h2-3,6,9,11,14-15H,4-5H2,1H3. The zero-order chi connectivity index (χ0) is 12.1. The molecule has 0 bridgehead atoms. The second kappa shape index (κ2) is 5.77. The summed E-state index contributed by atoms with van der Waals surface area (Å²) in [5.74, 6) is 0.0925. The molecule has 0 radical (unpaired) electrons. The minimum absolute atomic E-state index is 0.0925. The maximum Gasteiger partial charge on any atom is 0.267 e. The van der Waals surface area contributed by atoms with E-state index in [-0.39, 0.29) is 24.3 Å². The molecule has 1 unspecified atom stereocenters. The molecule has 0 fully saturated rings. The van der Waals surface area contributed by atoms with Gasteiger partial charge in [-0.15, -0.1) is 0 Å². The van der Waals surface area contributed by atoms with E-state index >= 15 is 0 Å². The maximum absolute atomic E-state index is 12.6. The van der Waals surface area contributed by atoms with Crippen molar-refractivity contribution in [3.63, 3.8) is 0 Å². The summed E-state index contributed by atoms with van der Waals surface area (Å²) in [4.78, 5) is 0. The van der Waals surface area contributed by atoms with Crippen LogP contribution in [-0.4, -0.2) is 23.9 Å². The van der Waals surface area contributed by atoms with Gasteiger partial charge < -0.3 is 14.9 Å². The number of methoxy groups -OCH3 is 1. The van der Waals surface area contributed by atoms with E-state index in [1.165, 1.54) is 25.3 Å². The highest BCUT2D eigenvalue weighted by Gasteiger charge is 2.16. The van der Waals surface area contributed by atoms with Crippen LogP contribution in [0.2, 0.25) is 0 Å². The van der Waals surface area contributed by atoms with Crippen molar-refractivity contribution in [3.05, 3.63) is 29.3 Å². The van der Waals surface area contributed by atoms with Crippen LogP contribution in [0.5, 0.6) is 5.75 Å². The monoisotopic (exact) mass is 232 g/mol. The van der Waals surface area contributed by atoms with Crippen molar-refractivity contribution in [2.45, 2.75) is 19.0 Å². The van der Waals surface area contributed by atoms with E-state index in [2.05, 4.69) is 0 Å². The molecule has 0 amide bonds. The lowest BCUT2D eigenvalue weighted by Gasteiger charge is -2.13. The molecule has 0 spiro atoms. The number of rotatable bonds is 5. The molecular weight excluding hydrogens is 218 g/mol. The maximum atomic E-state index is 12.6. The fourth-order valence-corrected chi connectivity index (χ4v) is 1.42. The number of aliphatic hydroxyl groups excluding tert-OH is 2. The number of benzene rings is 1. The Morgan fingerprint density at radius 2 is 2.06 bits per heavy atom. The van der Waals surface area contributed by atoms with E-state index in [1.807, 2.05) is 0 Å². The number of hydrogen-bond donors (Lipinski definition) is 2. The minimum Gasteiger partial charge on any atom is -0.496 e. The van der Waals surface area contributed by atoms with E-state index in [0.29, 0.717) is 5.56 Å². The van der Waals surface area contributed by atoms with Crippen LogP contribution in [-0.2, 0) is 0 Å². The van der Waals surface area contributed by atoms with Gasteiger partial charge in [-0.2, -0.15) is 0 Å². The van der Waals surface area contributed by atoms with Gasteiger partial charge in [0.05, 0.1) is 18.8 Å². The molecule has 0 aliphatic heterocycles. The van der Waals surface area contributed by atoms with Gasteiger partial charge in [0.2, 0.25) is 0 Å². The fourth-order valence-electron chi connectivity index (χ4n) is 1.42. The molecule has 90 valence electrons. The van der Waals surface area contributed by atoms with Gasteiger partial charge in [0.1, 0.15) is 5.75 Å². The molecule has 1 aromatic carbocycles. The van der Waals surface area contributed by atoms with Crippen LogP contribution in [0.3, 0.4) is 0 Å². The van der Waals surface area contributed by atoms with Crippen LogP contribution >= 0.6 is 0 Å². The Bertz CT molecular complexity index is 342. The topological polar surface area (TPSA) is 49.7 Å². The van der Waals surface area contributed by atoms with Crippen LogP contribution in [0.25, 0.3) is 0 Å². The van der Waals surface area contributed by atoms with Crippen LogP contribution in [0.15, 0.2) is 18.2 Å². The highest BCUT2D eigenvalue weighted by molar-refractivity contribution is 5.38. The Hall–Kier alpha value is -1.20. The van der Waals surface area contributed by atoms with Gasteiger partial charge in [0.25, 0.3) is 6.43 Å². The van der Waals surface area contributed by atoms with Gasteiger partial charge in [-0.05, 0) is 17.7 Å². The lowest BCUT2D eigenvalue weighted by molar-refractivity contribution is 0.131. The lowest BCUT2D eigenvalue weighted by Crippen LogP contribution is -2.02. The van der Waals surface area contributed by atoms with E-state index < -0.39 is 12.5 Å². The highest BCUT2D eigenvalue weighted by Crippen LogP contribution is 2.31. The summed E-state index contributed by atoms with van der Waals surface area (Å²) >= 11 is 0. The van der Waals surface area contributed by atoms with Crippen LogP contribution in [0.4, 0.5) is 8.78 Å². The zero-order valence-corrected chi connectivity index (χ0v) is 8.86. The first-order chi connectivity index (χ1) is 7.60. The van der Waals surface area contributed by atoms with Gasteiger partial charge in [0, 0.05) is 13.0 Å². The van der Waals surface area contributed by atoms with Crippen LogP contribution in [0, 0.1) is 0 Å². The third kappa shape index (κ3) is 2.90. The van der Waals surface area contributed by atoms with Gasteiger partial charge in [-0.1, -0.05) is 6.07 Å². The van der Waals surface area contributed by atoms with E-state index in [4.69, 9.17) is 9.84 Å². The van der Waals surface area contributed by atoms with Crippen molar-refractivity contribution >= 4 is 0 Å². The molecule has 5 heteroatoms. The largest absolute Gasteiger partial charge is 0.496 e. The van der Waals surface area contributed by atoms with Crippen LogP contribution in [0.1, 0.15) is 30.1 Å². The Balaban J connectivity index is 3.01. The van der Waals surface area contributed by atoms with Gasteiger partial charge in [-0.3, -0.25) is 0 Å². The van der Waals surface area contributed by atoms with Crippen LogP contribution < -0.4 is 4.74 Å². The first-order valence-corrected chi connectivity index (χ1v) is 4.85. The van der Waals surface area contributed by atoms with E-state index in [0.717, 1.165) is 0 Å². The molecule has 0 saturated heterocycles. The van der Waals surface area contributed by atoms with Crippen molar-refractivity contribution in [1.82, 2.24) is 0 Å². The van der Waals surface area contributed by atoms with Crippen molar-refractivity contribution < 1.29 is 23.7 Å². The second-order valence-corrected chi connectivity index (χ2v) is 3.33. The molecule has 3 nitrogen and oxygen atoms in total. The zero-order valence-electron chi connectivity index (χ0n) is 8.86. The molecule has 2 N–H and O–H groups in total. The molecule has 0 heterocycles. The van der Waals surface area contributed by atoms with Gasteiger partial charge >= 0.3 is 0 Å². The summed E-state index contributed by atoms with van der Waals surface area (Å²) in [5, 5.41) is 18.2. The molecule has 1 atom stereocenters. The molecule has 0 aliphatic carbocycles. The Labute approximate surface area is 92.3 Å². The number of alkyl halides is 2. The molecule has 0 aliphatic rings. The molecule has 16 heavy (non-hydrogen) atoms. The summed E-state index contributed by atoms with van der Waals surface area (Å²) < 4.78 is 30.1. The Morgan fingerprint density at radius 1 is 1.38 bits per heavy atom. The average molecular weight is 232 g/mol.